The third-order valence-electron chi connectivity index (χ3n) is 14.2. The van der Waals surface area contributed by atoms with Crippen molar-refractivity contribution < 1.29 is 0 Å². The van der Waals surface area contributed by atoms with Gasteiger partial charge in [-0.15, -0.1) is 0 Å². The number of hydrogen-bond acceptors (Lipinski definition) is 0. The Hall–Kier alpha value is -8.32. The van der Waals surface area contributed by atoms with Gasteiger partial charge in [-0.3, -0.25) is 0 Å². The Balaban J connectivity index is 1.01. The van der Waals surface area contributed by atoms with Gasteiger partial charge in [0.1, 0.15) is 0 Å². The van der Waals surface area contributed by atoms with Crippen molar-refractivity contribution in [1.29, 1.82) is 0 Å². The highest BCUT2D eigenvalue weighted by Gasteiger charge is 2.21. The van der Waals surface area contributed by atoms with Crippen molar-refractivity contribution in [2.75, 3.05) is 0 Å². The summed E-state index contributed by atoms with van der Waals surface area (Å²) in [7, 11) is 0. The van der Waals surface area contributed by atoms with Crippen LogP contribution in [0.25, 0.3) is 141 Å². The van der Waals surface area contributed by atoms with E-state index in [4.69, 9.17) is 0 Å². The van der Waals surface area contributed by atoms with Crippen LogP contribution in [0.5, 0.6) is 0 Å². The molecule has 0 aromatic heterocycles. The summed E-state index contributed by atoms with van der Waals surface area (Å²) in [5.41, 5.74) is 7.50. The molecule has 0 amide bonds. The highest BCUT2D eigenvalue weighted by atomic mass is 14.2. The van der Waals surface area contributed by atoms with Crippen molar-refractivity contribution >= 4 is 108 Å². The fourth-order valence-electron chi connectivity index (χ4n) is 11.5. The number of hydrogen-bond donors (Lipinski definition) is 0. The topological polar surface area (TPSA) is 0 Å². The van der Waals surface area contributed by atoms with Crippen LogP contribution in [0.1, 0.15) is 0 Å². The Bertz CT molecular complexity index is 4230. The molecule has 0 heteroatoms. The smallest absolute Gasteiger partial charge is 0.00199 e. The SMILES string of the molecule is c1ccc2c(-c3cc4c5ccccc5c5ccccc5c4c4ccccc34)c3ccccc3c(-c3ccc(-c4cc5c6ccccc6c6ccccc6c5c5ccccc45)cc3)c2c1. The lowest BCUT2D eigenvalue weighted by molar-refractivity contribution is 1.65. The van der Waals surface area contributed by atoms with E-state index in [-0.39, 0.29) is 0 Å². The van der Waals surface area contributed by atoms with Gasteiger partial charge in [0.25, 0.3) is 0 Å². The average Bonchev–Trinajstić information content (AvgIpc) is 3.37. The first-order valence-corrected chi connectivity index (χ1v) is 22.3. The lowest BCUT2D eigenvalue weighted by Gasteiger charge is -2.21. The van der Waals surface area contributed by atoms with E-state index in [1.807, 2.05) is 0 Å². The molecule has 0 aliphatic rings. The zero-order chi connectivity index (χ0) is 41.9. The molecule has 64 heavy (non-hydrogen) atoms. The van der Waals surface area contributed by atoms with E-state index in [1.165, 1.54) is 141 Å². The molecule has 0 N–H and O–H groups in total. The van der Waals surface area contributed by atoms with Crippen molar-refractivity contribution in [3.8, 4) is 33.4 Å². The average molecular weight is 807 g/mol. The molecule has 0 saturated carbocycles. The molecule has 0 spiro atoms. The van der Waals surface area contributed by atoms with Crippen LogP contribution in [0.2, 0.25) is 0 Å². The number of benzene rings is 14. The second-order valence-corrected chi connectivity index (χ2v) is 17.4. The van der Waals surface area contributed by atoms with Crippen LogP contribution in [0.4, 0.5) is 0 Å². The molecule has 0 atom stereocenters. The minimum Gasteiger partial charge on any atom is -0.0616 e. The Morgan fingerprint density at radius 2 is 0.406 bits per heavy atom. The maximum atomic E-state index is 2.50. The molecule has 0 aliphatic heterocycles. The highest BCUT2D eigenvalue weighted by molar-refractivity contribution is 6.35. The summed E-state index contributed by atoms with van der Waals surface area (Å²) >= 11 is 0. The van der Waals surface area contributed by atoms with E-state index in [0.717, 1.165) is 0 Å². The Morgan fingerprint density at radius 1 is 0.156 bits per heavy atom. The number of fused-ring (bicyclic) bond motifs is 18. The summed E-state index contributed by atoms with van der Waals surface area (Å²) in [6.07, 6.45) is 0. The molecule has 0 aliphatic carbocycles. The molecule has 14 aromatic rings. The largest absolute Gasteiger partial charge is 0.0616 e. The maximum Gasteiger partial charge on any atom is -0.00199 e. The first-order chi connectivity index (χ1) is 31.8. The molecule has 14 rings (SSSR count). The van der Waals surface area contributed by atoms with Crippen molar-refractivity contribution in [2.24, 2.45) is 0 Å². The fraction of sp³-hybridized carbons (Fsp3) is 0. The molecule has 0 radical (unpaired) electrons. The van der Waals surface area contributed by atoms with Gasteiger partial charge >= 0.3 is 0 Å². The van der Waals surface area contributed by atoms with Crippen molar-refractivity contribution in [3.05, 3.63) is 231 Å². The normalized spacial score (nSPS) is 12.1. The van der Waals surface area contributed by atoms with E-state index < -0.39 is 0 Å². The molecule has 0 unspecified atom stereocenters. The highest BCUT2D eigenvalue weighted by Crippen LogP contribution is 2.49. The summed E-state index contributed by atoms with van der Waals surface area (Å²) in [5, 5.41) is 25.7. The van der Waals surface area contributed by atoms with E-state index in [0.29, 0.717) is 0 Å². The summed E-state index contributed by atoms with van der Waals surface area (Å²) in [6, 6.07) is 86.1. The minimum absolute atomic E-state index is 1.21. The molecule has 14 aromatic carbocycles. The van der Waals surface area contributed by atoms with E-state index >= 15 is 0 Å². The first kappa shape index (κ1) is 35.3. The summed E-state index contributed by atoms with van der Waals surface area (Å²) < 4.78 is 0. The van der Waals surface area contributed by atoms with Gasteiger partial charge in [-0.25, -0.2) is 0 Å². The van der Waals surface area contributed by atoms with Gasteiger partial charge in [0.05, 0.1) is 0 Å². The van der Waals surface area contributed by atoms with Gasteiger partial charge in [-0.2, -0.15) is 0 Å². The molecule has 0 bridgehead atoms. The van der Waals surface area contributed by atoms with E-state index in [1.54, 1.807) is 0 Å². The third-order valence-corrected chi connectivity index (χ3v) is 14.2. The molecule has 0 nitrogen and oxygen atoms in total. The van der Waals surface area contributed by atoms with Crippen LogP contribution in [-0.4, -0.2) is 0 Å². The lowest BCUT2D eigenvalue weighted by Crippen LogP contribution is -1.93. The third kappa shape index (κ3) is 4.94. The van der Waals surface area contributed by atoms with Crippen LogP contribution in [0.3, 0.4) is 0 Å². The minimum atomic E-state index is 1.21. The monoisotopic (exact) mass is 806 g/mol. The van der Waals surface area contributed by atoms with E-state index in [2.05, 4.69) is 231 Å². The van der Waals surface area contributed by atoms with Crippen LogP contribution in [0, 0.1) is 0 Å². The predicted octanol–water partition coefficient (Wildman–Crippen LogP) is 18.2. The van der Waals surface area contributed by atoms with Gasteiger partial charge in [0.2, 0.25) is 0 Å². The van der Waals surface area contributed by atoms with Gasteiger partial charge in [-0.1, -0.05) is 218 Å². The van der Waals surface area contributed by atoms with Crippen molar-refractivity contribution in [3.63, 3.8) is 0 Å². The zero-order valence-corrected chi connectivity index (χ0v) is 34.9. The van der Waals surface area contributed by atoms with Gasteiger partial charge in [0, 0.05) is 0 Å². The summed E-state index contributed by atoms with van der Waals surface area (Å²) in [5.74, 6) is 0. The van der Waals surface area contributed by atoms with E-state index in [9.17, 15) is 0 Å². The zero-order valence-electron chi connectivity index (χ0n) is 34.9. The Labute approximate surface area is 369 Å². The predicted molar refractivity (Wildman–Crippen MR) is 278 cm³/mol. The molecule has 294 valence electrons. The Kier molecular flexibility index (Phi) is 7.49. The molecular weight excluding hydrogens is 769 g/mol. The van der Waals surface area contributed by atoms with Crippen LogP contribution >= 0.6 is 0 Å². The molecular formula is C64H38. The van der Waals surface area contributed by atoms with Gasteiger partial charge in [-0.05, 0) is 153 Å². The number of rotatable bonds is 3. The van der Waals surface area contributed by atoms with Gasteiger partial charge < -0.3 is 0 Å². The van der Waals surface area contributed by atoms with Crippen LogP contribution in [0.15, 0.2) is 231 Å². The summed E-state index contributed by atoms with van der Waals surface area (Å²) in [4.78, 5) is 0. The quantitative estimate of drug-likeness (QED) is 0.123. The van der Waals surface area contributed by atoms with Crippen LogP contribution in [-0.2, 0) is 0 Å². The van der Waals surface area contributed by atoms with Crippen molar-refractivity contribution in [2.45, 2.75) is 0 Å². The second kappa shape index (κ2) is 13.6. The Morgan fingerprint density at radius 3 is 0.812 bits per heavy atom. The standard InChI is InChI=1S/C64H38/c1-3-21-45-41(17-1)43-19-5-9-25-49(43)62-51-27-11-7-23-47(51)57(37-58(45)62)39-33-35-40(36-34-39)61-53-29-13-15-31-55(53)64(56-32-16-14-30-54(56)61)60-38-59-46-22-4-2-18-42(46)44-20-6-10-26-50(44)63(59)52-28-12-8-24-48(52)60/h1-38H. The first-order valence-electron chi connectivity index (χ1n) is 22.3. The fourth-order valence-corrected chi connectivity index (χ4v) is 11.5. The summed E-state index contributed by atoms with van der Waals surface area (Å²) in [6.45, 7) is 0. The molecule has 0 heterocycles. The lowest BCUT2D eigenvalue weighted by atomic mass is 9.82. The van der Waals surface area contributed by atoms with Gasteiger partial charge in [0.15, 0.2) is 0 Å². The van der Waals surface area contributed by atoms with Crippen molar-refractivity contribution in [1.82, 2.24) is 0 Å². The molecule has 0 saturated heterocycles. The van der Waals surface area contributed by atoms with Crippen LogP contribution < -0.4 is 0 Å². The second-order valence-electron chi connectivity index (χ2n) is 17.4. The molecule has 0 fully saturated rings. The maximum absolute atomic E-state index is 2.50.